The number of rotatable bonds is 2. The van der Waals surface area contributed by atoms with Crippen LogP contribution < -0.4 is 52.9 Å². The summed E-state index contributed by atoms with van der Waals surface area (Å²) in [6.07, 6.45) is 0. The summed E-state index contributed by atoms with van der Waals surface area (Å²) < 4.78 is 0. The van der Waals surface area contributed by atoms with Gasteiger partial charge in [-0.3, -0.25) is 25.0 Å². The van der Waals surface area contributed by atoms with Crippen molar-refractivity contribution in [2.75, 3.05) is 17.2 Å². The SMILES string of the molecule is C.CC(C)(C)c1ccc(N)cc1O.CC(C)(C)c1ccc([N+](=O)[O-])cc1N.CC(C)(C)c1ccc([N+](=O)[O-])cc1O.CC(C)(C)c1ccccc1N.N.O=CO.O=N[O-].[CH3-].[CH3-].[Na+].[Pd]. The molecule has 0 aromatic heterocycles. The quantitative estimate of drug-likeness (QED) is 0.0188. The van der Waals surface area contributed by atoms with Crippen LogP contribution in [0.3, 0.4) is 0 Å². The van der Waals surface area contributed by atoms with Crippen molar-refractivity contribution in [1.82, 2.24) is 6.15 Å². The van der Waals surface area contributed by atoms with E-state index in [0.29, 0.717) is 16.9 Å². The number of non-ortho nitro benzene ring substituents is 2. The van der Waals surface area contributed by atoms with Gasteiger partial charge in [0.1, 0.15) is 11.5 Å². The number of hydrogen-bond donors (Lipinski definition) is 7. The Morgan fingerprint density at radius 3 is 1.14 bits per heavy atom. The van der Waals surface area contributed by atoms with Gasteiger partial charge < -0.3 is 63.6 Å². The first-order chi connectivity index (χ1) is 25.9. The fraction of sp³-hybridized carbons (Fsp3) is 0.386. The van der Waals surface area contributed by atoms with E-state index in [1.807, 2.05) is 65.8 Å². The van der Waals surface area contributed by atoms with Gasteiger partial charge in [-0.1, -0.05) is 115 Å². The molecule has 0 amide bonds. The van der Waals surface area contributed by atoms with Crippen molar-refractivity contribution in [2.24, 2.45) is 5.34 Å². The summed E-state index contributed by atoms with van der Waals surface area (Å²) in [7, 11) is 0. The molecule has 63 heavy (non-hydrogen) atoms. The molecule has 0 radical (unpaired) electrons. The summed E-state index contributed by atoms with van der Waals surface area (Å²) in [5, 5.41) is 55.9. The third-order valence-corrected chi connectivity index (χ3v) is 7.65. The van der Waals surface area contributed by atoms with Crippen LogP contribution in [-0.4, -0.2) is 31.6 Å². The molecule has 0 unspecified atom stereocenters. The van der Waals surface area contributed by atoms with Crippen LogP contribution >= 0.6 is 0 Å². The molecule has 0 heterocycles. The smallest absolute Gasteiger partial charge is 0.508 e. The predicted molar refractivity (Wildman–Crippen MR) is 253 cm³/mol. The minimum absolute atomic E-state index is 0. The van der Waals surface area contributed by atoms with Gasteiger partial charge in [-0.05, 0) is 68.2 Å². The van der Waals surface area contributed by atoms with Gasteiger partial charge in [-0.25, -0.2) is 0 Å². The topological polar surface area (TPSA) is 330 Å². The fourth-order valence-electron chi connectivity index (χ4n) is 4.98. The van der Waals surface area contributed by atoms with Crippen molar-refractivity contribution in [2.45, 2.75) is 112 Å². The molecule has 0 saturated carbocycles. The fourth-order valence-corrected chi connectivity index (χ4v) is 4.98. The van der Waals surface area contributed by atoms with Crippen LogP contribution in [0.5, 0.6) is 11.5 Å². The van der Waals surface area contributed by atoms with Gasteiger partial charge in [0.2, 0.25) is 0 Å². The van der Waals surface area contributed by atoms with Gasteiger partial charge in [-0.15, -0.1) is 5.34 Å². The minimum atomic E-state index is -0.522. The number of nitrogens with two attached hydrogens (primary N) is 3. The predicted octanol–water partition coefficient (Wildman–Crippen LogP) is 8.56. The average molecular weight is 989 g/mol. The van der Waals surface area contributed by atoms with Crippen molar-refractivity contribution in [3.05, 3.63) is 146 Å². The van der Waals surface area contributed by atoms with Gasteiger partial charge in [0.05, 0.1) is 15.9 Å². The average Bonchev–Trinajstić information content (AvgIpc) is 3.04. The Morgan fingerprint density at radius 2 is 0.873 bits per heavy atom. The minimum Gasteiger partial charge on any atom is -0.508 e. The second-order valence-corrected chi connectivity index (χ2v) is 16.5. The number of benzene rings is 4. The zero-order chi connectivity index (χ0) is 45.1. The molecular weight excluding hydrogens is 916 g/mol. The van der Waals surface area contributed by atoms with Gasteiger partial charge in [0.15, 0.2) is 0 Å². The first kappa shape index (κ1) is 75.5. The molecule has 0 atom stereocenters. The number of nitrogens with zero attached hydrogens (tertiary/aromatic N) is 3. The van der Waals surface area contributed by atoms with E-state index < -0.39 is 9.85 Å². The van der Waals surface area contributed by atoms with Crippen LogP contribution in [0.25, 0.3) is 0 Å². The summed E-state index contributed by atoms with van der Waals surface area (Å²) in [5.41, 5.74) is 22.6. The summed E-state index contributed by atoms with van der Waals surface area (Å²) in [6, 6.07) is 22.0. The van der Waals surface area contributed by atoms with E-state index in [0.717, 1.165) is 22.2 Å². The van der Waals surface area contributed by atoms with Crippen LogP contribution in [0.4, 0.5) is 28.4 Å². The van der Waals surface area contributed by atoms with E-state index in [-0.39, 0.29) is 129 Å². The van der Waals surface area contributed by atoms with Crippen LogP contribution in [0.1, 0.15) is 113 Å². The van der Waals surface area contributed by atoms with Gasteiger partial charge in [0.25, 0.3) is 17.8 Å². The largest absolute Gasteiger partial charge is 1.00 e. The number of phenols is 2. The first-order valence-corrected chi connectivity index (χ1v) is 17.4. The maximum atomic E-state index is 10.5. The summed E-state index contributed by atoms with van der Waals surface area (Å²) in [6.45, 7) is 24.3. The molecular formula is C44H72N7NaO10Pd-2. The van der Waals surface area contributed by atoms with Gasteiger partial charge in [0, 0.05) is 61.8 Å². The molecule has 19 heteroatoms. The number of para-hydroxylation sites is 1. The Hall–Kier alpha value is -4.83. The number of carboxylic acid groups (broad SMARTS) is 1. The second-order valence-electron chi connectivity index (χ2n) is 16.5. The zero-order valence-corrected chi connectivity index (χ0v) is 42.4. The molecule has 4 aromatic carbocycles. The van der Waals surface area contributed by atoms with E-state index >= 15 is 0 Å². The molecule has 12 N–H and O–H groups in total. The first-order valence-electron chi connectivity index (χ1n) is 17.4. The number of aromatic hydroxyl groups is 2. The van der Waals surface area contributed by atoms with Gasteiger partial charge in [-0.2, -0.15) is 0 Å². The second kappa shape index (κ2) is 33.7. The van der Waals surface area contributed by atoms with Crippen molar-refractivity contribution >= 4 is 34.9 Å². The number of carbonyl (C=O) groups is 1. The number of phenolic OH excluding ortho intramolecular Hbond substituents is 2. The van der Waals surface area contributed by atoms with E-state index in [2.05, 4.69) is 47.6 Å². The normalized spacial score (nSPS) is 9.65. The number of nitrogen functional groups attached to an aromatic ring is 3. The van der Waals surface area contributed by atoms with E-state index in [9.17, 15) is 30.4 Å². The number of hydrogen-bond acceptors (Lipinski definition) is 14. The maximum Gasteiger partial charge on any atom is 1.00 e. The van der Waals surface area contributed by atoms with Crippen LogP contribution in [-0.2, 0) is 46.9 Å². The molecule has 0 fully saturated rings. The number of anilines is 3. The van der Waals surface area contributed by atoms with Crippen molar-refractivity contribution < 1.29 is 79.9 Å². The van der Waals surface area contributed by atoms with Crippen molar-refractivity contribution in [1.29, 1.82) is 0 Å². The molecule has 4 aromatic rings. The molecule has 0 spiro atoms. The summed E-state index contributed by atoms with van der Waals surface area (Å²) in [4.78, 5) is 36.3. The Kier molecular flexibility index (Phi) is 40.4. The molecule has 0 aliphatic rings. The third-order valence-electron chi connectivity index (χ3n) is 7.65. The standard InChI is InChI=1S/C10H14N2O2.C10H13NO3.C10H15NO.C10H15N.CH2O2.CH4.2CH3.HNO2.H3N.Na.Pd/c1-10(2,3)8-5-4-7(12(13)14)6-9(8)11;1-10(2,3)8-5-4-7(11(13)14)6-9(8)12;1-10(2,3)8-5-4-7(11)6-9(8)12;1-10(2,3)8-6-4-5-7-9(8)11;2-1-3;;;;2-1-3;;;/h4-6H,11H2,1-3H3;4-6,12H,1-3H3;4-6,12H,11H2,1-3H3;4-7H,11H2,1-3H3;1H,(H,2,3);1H4;2*1H3;(H,2,3);1H3;;/q;;;;;;2*-1;;;+1;/p-1. The van der Waals surface area contributed by atoms with Crippen LogP contribution in [0.2, 0.25) is 0 Å². The zero-order valence-electron chi connectivity index (χ0n) is 38.9. The van der Waals surface area contributed by atoms with Crippen molar-refractivity contribution in [3.63, 3.8) is 0 Å². The van der Waals surface area contributed by atoms with Crippen molar-refractivity contribution in [3.8, 4) is 11.5 Å². The van der Waals surface area contributed by atoms with Crippen LogP contribution in [0, 0.1) is 45.2 Å². The number of nitro groups is 2. The Balaban J connectivity index is -0.0000000995. The number of nitro benzene ring substituents is 2. The monoisotopic (exact) mass is 987 g/mol. The summed E-state index contributed by atoms with van der Waals surface area (Å²) in [5.74, 6) is 0.259. The van der Waals surface area contributed by atoms with Crippen LogP contribution in [0.15, 0.2) is 84.2 Å². The molecule has 356 valence electrons. The molecule has 0 aliphatic heterocycles. The molecule has 0 aliphatic carbocycles. The molecule has 0 saturated heterocycles. The van der Waals surface area contributed by atoms with Gasteiger partial charge >= 0.3 is 29.6 Å². The Bertz CT molecular complexity index is 1850. The molecule has 0 bridgehead atoms. The van der Waals surface area contributed by atoms with E-state index in [4.69, 9.17) is 37.2 Å². The van der Waals surface area contributed by atoms with E-state index in [1.165, 1.54) is 29.8 Å². The third kappa shape index (κ3) is 29.2. The Labute approximate surface area is 411 Å². The molecule has 4 rings (SSSR count). The maximum absolute atomic E-state index is 10.5. The molecule has 17 nitrogen and oxygen atoms in total. The Morgan fingerprint density at radius 1 is 0.587 bits per heavy atom. The summed E-state index contributed by atoms with van der Waals surface area (Å²) >= 11 is 0. The van der Waals surface area contributed by atoms with E-state index in [1.54, 1.807) is 24.3 Å².